The molecule has 3 nitrogen and oxygen atoms in total. The van der Waals surface area contributed by atoms with Crippen molar-refractivity contribution in [2.24, 2.45) is 0 Å². The van der Waals surface area contributed by atoms with E-state index in [4.69, 9.17) is 11.6 Å². The van der Waals surface area contributed by atoms with E-state index in [1.165, 1.54) is 6.20 Å². The summed E-state index contributed by atoms with van der Waals surface area (Å²) in [6.07, 6.45) is 3.07. The van der Waals surface area contributed by atoms with Gasteiger partial charge in [-0.05, 0) is 24.4 Å². The Morgan fingerprint density at radius 3 is 2.89 bits per heavy atom. The Hall–Kier alpha value is -1.39. The standard InChI is InChI=1S/C13H13ClN2OS/c1-9(12-4-3-7-18-12)16(2)13(17)10-8-15-6-5-11(10)14/h3-9H,1-2H3. The maximum absolute atomic E-state index is 12.3. The second-order valence-electron chi connectivity index (χ2n) is 3.96. The SMILES string of the molecule is CC(c1cccs1)N(C)C(=O)c1cnccc1Cl. The van der Waals surface area contributed by atoms with Crippen LogP contribution in [0.25, 0.3) is 0 Å². The number of carbonyl (C=O) groups excluding carboxylic acids is 1. The molecule has 0 spiro atoms. The molecule has 0 aliphatic heterocycles. The topological polar surface area (TPSA) is 33.2 Å². The predicted molar refractivity (Wildman–Crippen MR) is 74.1 cm³/mol. The minimum Gasteiger partial charge on any atom is -0.334 e. The second kappa shape index (κ2) is 5.50. The second-order valence-corrected chi connectivity index (χ2v) is 5.35. The van der Waals surface area contributed by atoms with Crippen molar-refractivity contribution in [1.82, 2.24) is 9.88 Å². The normalized spacial score (nSPS) is 12.2. The highest BCUT2D eigenvalue weighted by atomic mass is 35.5. The Morgan fingerprint density at radius 2 is 2.28 bits per heavy atom. The van der Waals surface area contributed by atoms with Gasteiger partial charge in [-0.15, -0.1) is 11.3 Å². The fourth-order valence-corrected chi connectivity index (χ4v) is 2.63. The number of carbonyl (C=O) groups is 1. The Bertz CT molecular complexity index is 542. The molecule has 0 bridgehead atoms. The van der Waals surface area contributed by atoms with E-state index in [2.05, 4.69) is 4.98 Å². The summed E-state index contributed by atoms with van der Waals surface area (Å²) in [6, 6.07) is 5.64. The zero-order valence-corrected chi connectivity index (χ0v) is 11.7. The van der Waals surface area contributed by atoms with Crippen molar-refractivity contribution in [2.75, 3.05) is 7.05 Å². The van der Waals surface area contributed by atoms with Crippen molar-refractivity contribution >= 4 is 28.8 Å². The quantitative estimate of drug-likeness (QED) is 0.860. The monoisotopic (exact) mass is 280 g/mol. The Balaban J connectivity index is 2.22. The summed E-state index contributed by atoms with van der Waals surface area (Å²) >= 11 is 7.64. The predicted octanol–water partition coefficient (Wildman–Crippen LogP) is 3.63. The first-order chi connectivity index (χ1) is 8.61. The summed E-state index contributed by atoms with van der Waals surface area (Å²) in [6.45, 7) is 1.99. The van der Waals surface area contributed by atoms with Crippen LogP contribution in [0, 0.1) is 0 Å². The fourth-order valence-electron chi connectivity index (χ4n) is 1.62. The maximum atomic E-state index is 12.3. The fraction of sp³-hybridized carbons (Fsp3) is 0.231. The van der Waals surface area contributed by atoms with Crippen molar-refractivity contribution in [3.63, 3.8) is 0 Å². The van der Waals surface area contributed by atoms with Crippen molar-refractivity contribution in [3.8, 4) is 0 Å². The molecule has 0 saturated heterocycles. The lowest BCUT2D eigenvalue weighted by Gasteiger charge is -2.24. The molecular weight excluding hydrogens is 268 g/mol. The number of aromatic nitrogens is 1. The highest BCUT2D eigenvalue weighted by Gasteiger charge is 2.21. The summed E-state index contributed by atoms with van der Waals surface area (Å²) in [5.74, 6) is -0.117. The minimum atomic E-state index is -0.117. The molecule has 18 heavy (non-hydrogen) atoms. The van der Waals surface area contributed by atoms with Crippen LogP contribution in [0.4, 0.5) is 0 Å². The number of pyridine rings is 1. The van der Waals surface area contributed by atoms with Gasteiger partial charge in [-0.25, -0.2) is 0 Å². The van der Waals surface area contributed by atoms with Crippen molar-refractivity contribution in [1.29, 1.82) is 0 Å². The van der Waals surface area contributed by atoms with Crippen LogP contribution in [0.3, 0.4) is 0 Å². The molecule has 0 N–H and O–H groups in total. The van der Waals surface area contributed by atoms with Crippen LogP contribution in [-0.2, 0) is 0 Å². The van der Waals surface area contributed by atoms with Gasteiger partial charge >= 0.3 is 0 Å². The smallest absolute Gasteiger partial charge is 0.257 e. The average Bonchev–Trinajstić information content (AvgIpc) is 2.90. The lowest BCUT2D eigenvalue weighted by atomic mass is 10.2. The summed E-state index contributed by atoms with van der Waals surface area (Å²) in [5, 5.41) is 2.43. The molecule has 0 aliphatic carbocycles. The number of thiophene rings is 1. The van der Waals surface area contributed by atoms with Crippen LogP contribution in [-0.4, -0.2) is 22.8 Å². The van der Waals surface area contributed by atoms with Gasteiger partial charge in [0.15, 0.2) is 0 Å². The largest absolute Gasteiger partial charge is 0.334 e. The van der Waals surface area contributed by atoms with Gasteiger partial charge in [0.25, 0.3) is 5.91 Å². The van der Waals surface area contributed by atoms with E-state index in [0.29, 0.717) is 10.6 Å². The van der Waals surface area contributed by atoms with Gasteiger partial charge in [0.05, 0.1) is 16.6 Å². The van der Waals surface area contributed by atoms with Crippen LogP contribution >= 0.6 is 22.9 Å². The van der Waals surface area contributed by atoms with E-state index in [0.717, 1.165) is 4.88 Å². The van der Waals surface area contributed by atoms with Crippen molar-refractivity contribution in [2.45, 2.75) is 13.0 Å². The highest BCUT2D eigenvalue weighted by Crippen LogP contribution is 2.26. The molecule has 2 aromatic rings. The van der Waals surface area contributed by atoms with Gasteiger partial charge < -0.3 is 4.90 Å². The molecular formula is C13H13ClN2OS. The van der Waals surface area contributed by atoms with Gasteiger partial charge in [-0.3, -0.25) is 9.78 Å². The summed E-state index contributed by atoms with van der Waals surface area (Å²) in [5.41, 5.74) is 0.435. The molecule has 0 saturated carbocycles. The van der Waals surface area contributed by atoms with Crippen LogP contribution in [0.1, 0.15) is 28.2 Å². The molecule has 1 unspecified atom stereocenters. The van der Waals surface area contributed by atoms with E-state index >= 15 is 0 Å². The molecule has 5 heteroatoms. The Morgan fingerprint density at radius 1 is 1.50 bits per heavy atom. The minimum absolute atomic E-state index is 0.0220. The first kappa shape index (κ1) is 13.1. The van der Waals surface area contributed by atoms with E-state index in [1.807, 2.05) is 24.4 Å². The van der Waals surface area contributed by atoms with Gasteiger partial charge in [-0.2, -0.15) is 0 Å². The molecule has 1 amide bonds. The summed E-state index contributed by atoms with van der Waals surface area (Å²) < 4.78 is 0. The molecule has 0 radical (unpaired) electrons. The van der Waals surface area contributed by atoms with Gasteiger partial charge in [0.2, 0.25) is 0 Å². The van der Waals surface area contributed by atoms with E-state index in [9.17, 15) is 4.79 Å². The third-order valence-electron chi connectivity index (χ3n) is 2.85. The first-order valence-electron chi connectivity index (χ1n) is 5.51. The number of nitrogens with zero attached hydrogens (tertiary/aromatic N) is 2. The lowest BCUT2D eigenvalue weighted by molar-refractivity contribution is 0.0744. The van der Waals surface area contributed by atoms with Crippen molar-refractivity contribution in [3.05, 3.63) is 51.4 Å². The number of halogens is 1. The number of rotatable bonds is 3. The third kappa shape index (κ3) is 2.54. The highest BCUT2D eigenvalue weighted by molar-refractivity contribution is 7.10. The van der Waals surface area contributed by atoms with Crippen LogP contribution in [0.15, 0.2) is 36.0 Å². The van der Waals surface area contributed by atoms with Crippen LogP contribution < -0.4 is 0 Å². The Kier molecular flexibility index (Phi) is 3.99. The number of hydrogen-bond acceptors (Lipinski definition) is 3. The third-order valence-corrected chi connectivity index (χ3v) is 4.23. The maximum Gasteiger partial charge on any atom is 0.257 e. The Labute approximate surface area is 115 Å². The molecule has 2 rings (SSSR count). The lowest BCUT2D eigenvalue weighted by Crippen LogP contribution is -2.29. The van der Waals surface area contributed by atoms with E-state index in [-0.39, 0.29) is 11.9 Å². The average molecular weight is 281 g/mol. The molecule has 0 aliphatic rings. The van der Waals surface area contributed by atoms with Crippen molar-refractivity contribution < 1.29 is 4.79 Å². The first-order valence-corrected chi connectivity index (χ1v) is 6.77. The van der Waals surface area contributed by atoms with E-state index < -0.39 is 0 Å². The molecule has 2 aromatic heterocycles. The zero-order valence-electron chi connectivity index (χ0n) is 10.1. The van der Waals surface area contributed by atoms with E-state index in [1.54, 1.807) is 35.5 Å². The van der Waals surface area contributed by atoms with Gasteiger partial charge in [-0.1, -0.05) is 17.7 Å². The molecule has 0 aromatic carbocycles. The zero-order chi connectivity index (χ0) is 13.1. The van der Waals surface area contributed by atoms with Crippen LogP contribution in [0.2, 0.25) is 5.02 Å². The molecule has 1 atom stereocenters. The molecule has 0 fully saturated rings. The summed E-state index contributed by atoms with van der Waals surface area (Å²) in [4.78, 5) is 19.1. The number of hydrogen-bond donors (Lipinski definition) is 0. The molecule has 2 heterocycles. The van der Waals surface area contributed by atoms with Gasteiger partial charge in [0, 0.05) is 24.3 Å². The van der Waals surface area contributed by atoms with Crippen LogP contribution in [0.5, 0.6) is 0 Å². The number of amides is 1. The van der Waals surface area contributed by atoms with Gasteiger partial charge in [0.1, 0.15) is 0 Å². The summed E-state index contributed by atoms with van der Waals surface area (Å²) in [7, 11) is 1.77. The molecule has 94 valence electrons.